The fourth-order valence-electron chi connectivity index (χ4n) is 3.69. The van der Waals surface area contributed by atoms with Gasteiger partial charge in [-0.25, -0.2) is 0 Å². The Morgan fingerprint density at radius 3 is 2.79 bits per heavy atom. The third kappa shape index (κ3) is 5.50. The lowest BCUT2D eigenvalue weighted by molar-refractivity contribution is 0.0928. The molecule has 0 unspecified atom stereocenters. The predicted molar refractivity (Wildman–Crippen MR) is 113 cm³/mol. The molecule has 0 bridgehead atoms. The summed E-state index contributed by atoms with van der Waals surface area (Å²) in [7, 11) is 0. The monoisotopic (exact) mass is 396 g/mol. The van der Waals surface area contributed by atoms with Gasteiger partial charge in [0, 0.05) is 45.0 Å². The largest absolute Gasteiger partial charge is 0.342 e. The van der Waals surface area contributed by atoms with Crippen LogP contribution >= 0.6 is 0 Å². The Bertz CT molecular complexity index is 842. The van der Waals surface area contributed by atoms with Gasteiger partial charge >= 0.3 is 0 Å². The Morgan fingerprint density at radius 1 is 1.28 bits per heavy atom. The van der Waals surface area contributed by atoms with Crippen LogP contribution in [0, 0.1) is 5.92 Å². The van der Waals surface area contributed by atoms with Crippen molar-refractivity contribution in [1.29, 1.82) is 0 Å². The highest BCUT2D eigenvalue weighted by Crippen LogP contribution is 2.23. The van der Waals surface area contributed by atoms with Crippen LogP contribution in [0.2, 0.25) is 0 Å². The van der Waals surface area contributed by atoms with Gasteiger partial charge in [0.1, 0.15) is 5.82 Å². The van der Waals surface area contributed by atoms with Gasteiger partial charge in [-0.1, -0.05) is 25.5 Å². The van der Waals surface area contributed by atoms with Gasteiger partial charge in [0.05, 0.1) is 11.6 Å². The maximum atomic E-state index is 12.8. The first-order valence-electron chi connectivity index (χ1n) is 10.4. The summed E-state index contributed by atoms with van der Waals surface area (Å²) in [5, 5.41) is 12.1. The van der Waals surface area contributed by atoms with Crippen molar-refractivity contribution in [2.75, 3.05) is 19.6 Å². The molecule has 1 aliphatic rings. The van der Waals surface area contributed by atoms with E-state index in [1.54, 1.807) is 24.5 Å². The summed E-state index contributed by atoms with van der Waals surface area (Å²) in [6.45, 7) is 12.3. The minimum absolute atomic E-state index is 0.125. The zero-order chi connectivity index (χ0) is 20.8. The summed E-state index contributed by atoms with van der Waals surface area (Å²) in [6, 6.07) is 3.38. The number of pyridine rings is 1. The molecule has 0 saturated carbocycles. The second-order valence-electron chi connectivity index (χ2n) is 8.18. The minimum Gasteiger partial charge on any atom is -0.342 e. The summed E-state index contributed by atoms with van der Waals surface area (Å²) < 4.78 is 2.21. The number of hydrogen-bond donors (Lipinski definition) is 1. The van der Waals surface area contributed by atoms with Crippen molar-refractivity contribution in [2.24, 2.45) is 5.92 Å². The van der Waals surface area contributed by atoms with E-state index in [2.05, 4.69) is 63.7 Å². The smallest absolute Gasteiger partial charge is 0.253 e. The van der Waals surface area contributed by atoms with E-state index in [1.165, 1.54) is 5.57 Å². The maximum absolute atomic E-state index is 12.8. The Morgan fingerprint density at radius 2 is 2.10 bits per heavy atom. The molecule has 3 rings (SSSR count). The van der Waals surface area contributed by atoms with Gasteiger partial charge in [0.15, 0.2) is 5.82 Å². The van der Waals surface area contributed by atoms with Crippen molar-refractivity contribution in [3.05, 3.63) is 53.4 Å². The van der Waals surface area contributed by atoms with Gasteiger partial charge in [0.25, 0.3) is 5.91 Å². The normalized spacial score (nSPS) is 16.4. The van der Waals surface area contributed by atoms with Crippen molar-refractivity contribution in [3.63, 3.8) is 0 Å². The van der Waals surface area contributed by atoms with Crippen molar-refractivity contribution in [1.82, 2.24) is 30.0 Å². The summed E-state index contributed by atoms with van der Waals surface area (Å²) in [4.78, 5) is 19.3. The quantitative estimate of drug-likeness (QED) is 0.728. The van der Waals surface area contributed by atoms with E-state index in [4.69, 9.17) is 0 Å². The van der Waals surface area contributed by atoms with Crippen LogP contribution in [0.1, 0.15) is 62.2 Å². The molecule has 0 aromatic carbocycles. The van der Waals surface area contributed by atoms with Crippen molar-refractivity contribution < 1.29 is 4.79 Å². The van der Waals surface area contributed by atoms with Gasteiger partial charge in [0.2, 0.25) is 0 Å². The zero-order valence-corrected chi connectivity index (χ0v) is 17.9. The minimum atomic E-state index is -0.173. The van der Waals surface area contributed by atoms with E-state index in [0.717, 1.165) is 50.7 Å². The second-order valence-corrected chi connectivity index (χ2v) is 8.18. The van der Waals surface area contributed by atoms with Gasteiger partial charge in [-0.2, -0.15) is 0 Å². The fraction of sp³-hybridized carbons (Fsp3) is 0.545. The summed E-state index contributed by atoms with van der Waals surface area (Å²) >= 11 is 0. The maximum Gasteiger partial charge on any atom is 0.253 e. The molecule has 0 aliphatic carbocycles. The molecule has 3 heterocycles. The molecular weight excluding hydrogens is 364 g/mol. The van der Waals surface area contributed by atoms with E-state index >= 15 is 0 Å². The lowest BCUT2D eigenvalue weighted by Gasteiger charge is -2.22. The second kappa shape index (κ2) is 9.78. The molecule has 2 aromatic heterocycles. The molecule has 7 heteroatoms. The zero-order valence-electron chi connectivity index (χ0n) is 17.9. The number of rotatable bonds is 7. The first-order valence-corrected chi connectivity index (χ1v) is 10.4. The highest BCUT2D eigenvalue weighted by molar-refractivity contribution is 5.94. The number of amides is 1. The lowest BCUT2D eigenvalue weighted by atomic mass is 10.0. The predicted octanol–water partition coefficient (Wildman–Crippen LogP) is 3.01. The fourth-order valence-corrected chi connectivity index (χ4v) is 3.69. The van der Waals surface area contributed by atoms with Crippen LogP contribution in [-0.2, 0) is 13.0 Å². The van der Waals surface area contributed by atoms with Crippen molar-refractivity contribution in [3.8, 4) is 0 Å². The van der Waals surface area contributed by atoms with E-state index < -0.39 is 0 Å². The standard InChI is InChI=1S/C22H32N6O/c1-5-17(4)15-27-10-8-20-25-26-21(28(20)12-11-27)19(13-16(2)3)24-22(29)18-7-6-9-23-14-18/h5-7,9,14,16,19H,8,10-13,15H2,1-4H3,(H,24,29)/b17-5+/t19-/m1/s1. The number of nitrogens with one attached hydrogen (secondary N) is 1. The molecule has 2 aromatic rings. The Balaban J connectivity index is 1.78. The summed E-state index contributed by atoms with van der Waals surface area (Å²) in [5.74, 6) is 2.15. The number of carbonyl (C=O) groups excluding carboxylic acids is 1. The molecule has 29 heavy (non-hydrogen) atoms. The number of carbonyl (C=O) groups is 1. The molecule has 1 atom stereocenters. The van der Waals surface area contributed by atoms with Crippen LogP contribution in [0.5, 0.6) is 0 Å². The molecule has 1 N–H and O–H groups in total. The topological polar surface area (TPSA) is 75.9 Å². The third-order valence-electron chi connectivity index (χ3n) is 5.36. The van der Waals surface area contributed by atoms with Gasteiger partial charge < -0.3 is 9.88 Å². The Labute approximate surface area is 173 Å². The molecule has 0 spiro atoms. The van der Waals surface area contributed by atoms with E-state index in [0.29, 0.717) is 11.5 Å². The summed E-state index contributed by atoms with van der Waals surface area (Å²) in [5.41, 5.74) is 1.94. The first-order chi connectivity index (χ1) is 14.0. The highest BCUT2D eigenvalue weighted by atomic mass is 16.1. The highest BCUT2D eigenvalue weighted by Gasteiger charge is 2.26. The SMILES string of the molecule is C/C=C(\C)CN1CCc2nnc([C@@H](CC(C)C)NC(=O)c3cccnc3)n2CC1. The number of hydrogen-bond acceptors (Lipinski definition) is 5. The third-order valence-corrected chi connectivity index (χ3v) is 5.36. The Kier molecular flexibility index (Phi) is 7.14. The molecule has 0 saturated heterocycles. The Hall–Kier alpha value is -2.54. The molecule has 7 nitrogen and oxygen atoms in total. The van der Waals surface area contributed by atoms with E-state index in [1.807, 2.05) is 0 Å². The first kappa shape index (κ1) is 21.2. The van der Waals surface area contributed by atoms with Crippen LogP contribution in [-0.4, -0.2) is 50.2 Å². The molecule has 0 radical (unpaired) electrons. The van der Waals surface area contributed by atoms with Crippen LogP contribution in [0.3, 0.4) is 0 Å². The van der Waals surface area contributed by atoms with Crippen LogP contribution in [0.25, 0.3) is 0 Å². The molecule has 0 fully saturated rings. The number of nitrogens with zero attached hydrogens (tertiary/aromatic N) is 5. The average Bonchev–Trinajstić information content (AvgIpc) is 3.02. The number of fused-ring (bicyclic) bond motifs is 1. The van der Waals surface area contributed by atoms with Crippen LogP contribution < -0.4 is 5.32 Å². The van der Waals surface area contributed by atoms with E-state index in [9.17, 15) is 4.79 Å². The summed E-state index contributed by atoms with van der Waals surface area (Å²) in [6.07, 6.45) is 7.11. The average molecular weight is 397 g/mol. The van der Waals surface area contributed by atoms with Crippen molar-refractivity contribution in [2.45, 2.75) is 53.1 Å². The molecule has 156 valence electrons. The van der Waals surface area contributed by atoms with E-state index in [-0.39, 0.29) is 11.9 Å². The van der Waals surface area contributed by atoms with Crippen LogP contribution in [0.15, 0.2) is 36.2 Å². The van der Waals surface area contributed by atoms with Crippen LogP contribution in [0.4, 0.5) is 0 Å². The molecule has 1 aliphatic heterocycles. The van der Waals surface area contributed by atoms with Gasteiger partial charge in [-0.15, -0.1) is 10.2 Å². The lowest BCUT2D eigenvalue weighted by Crippen LogP contribution is -2.32. The number of aromatic nitrogens is 4. The number of allylic oxidation sites excluding steroid dienone is 1. The molecule has 1 amide bonds. The molecular formula is C22H32N6O. The van der Waals surface area contributed by atoms with Gasteiger partial charge in [-0.05, 0) is 38.3 Å². The van der Waals surface area contributed by atoms with Gasteiger partial charge in [-0.3, -0.25) is 14.7 Å². The van der Waals surface area contributed by atoms with Crippen molar-refractivity contribution >= 4 is 5.91 Å².